The molecule has 1 N–H and O–H groups in total. The molecule has 1 heterocycles. The number of aromatic amines is 1. The lowest BCUT2D eigenvalue weighted by atomic mass is 10.1. The number of fused-ring (bicyclic) bond motifs is 3. The highest BCUT2D eigenvalue weighted by molar-refractivity contribution is 6.08. The molecular formula is C20H15NO2. The van der Waals surface area contributed by atoms with E-state index in [1.54, 1.807) is 12.1 Å². The summed E-state index contributed by atoms with van der Waals surface area (Å²) in [4.78, 5) is 15.7. The molecule has 0 aliphatic carbocycles. The number of para-hydroxylation sites is 1. The van der Waals surface area contributed by atoms with Crippen molar-refractivity contribution in [2.45, 2.75) is 6.92 Å². The van der Waals surface area contributed by atoms with Crippen molar-refractivity contribution in [1.82, 2.24) is 4.98 Å². The van der Waals surface area contributed by atoms with Crippen molar-refractivity contribution in [1.29, 1.82) is 0 Å². The largest absolute Gasteiger partial charge is 0.423 e. The van der Waals surface area contributed by atoms with Gasteiger partial charge >= 0.3 is 5.97 Å². The smallest absolute Gasteiger partial charge is 0.343 e. The fraction of sp³-hybridized carbons (Fsp3) is 0.0500. The lowest BCUT2D eigenvalue weighted by molar-refractivity contribution is 0.0734. The van der Waals surface area contributed by atoms with Gasteiger partial charge in [-0.1, -0.05) is 36.4 Å². The van der Waals surface area contributed by atoms with Crippen LogP contribution < -0.4 is 4.74 Å². The molecule has 0 radical (unpaired) electrons. The zero-order chi connectivity index (χ0) is 15.8. The van der Waals surface area contributed by atoms with Crippen molar-refractivity contribution in [2.24, 2.45) is 0 Å². The van der Waals surface area contributed by atoms with Crippen molar-refractivity contribution >= 4 is 27.8 Å². The maximum absolute atomic E-state index is 12.3. The number of aryl methyl sites for hydroxylation is 1. The first-order valence-electron chi connectivity index (χ1n) is 7.51. The minimum atomic E-state index is -0.340. The van der Waals surface area contributed by atoms with Crippen molar-refractivity contribution in [3.05, 3.63) is 77.9 Å². The molecule has 4 rings (SSSR count). The Hall–Kier alpha value is -3.07. The Kier molecular flexibility index (Phi) is 3.12. The molecule has 3 nitrogen and oxygen atoms in total. The van der Waals surface area contributed by atoms with Gasteiger partial charge in [0.1, 0.15) is 5.75 Å². The number of hydrogen-bond donors (Lipinski definition) is 1. The van der Waals surface area contributed by atoms with Crippen LogP contribution in [0, 0.1) is 6.92 Å². The monoisotopic (exact) mass is 301 g/mol. The van der Waals surface area contributed by atoms with Crippen molar-refractivity contribution in [3.63, 3.8) is 0 Å². The van der Waals surface area contributed by atoms with Gasteiger partial charge in [-0.25, -0.2) is 4.79 Å². The summed E-state index contributed by atoms with van der Waals surface area (Å²) in [5.74, 6) is 0.254. The molecular weight excluding hydrogens is 286 g/mol. The summed E-state index contributed by atoms with van der Waals surface area (Å²) in [6.45, 7) is 1.94. The minimum absolute atomic E-state index is 0.340. The SMILES string of the molecule is Cc1cc2[nH]c3ccccc3c2cc1OC(=O)c1ccccc1. The third-order valence-electron chi connectivity index (χ3n) is 4.01. The van der Waals surface area contributed by atoms with Crippen molar-refractivity contribution in [3.8, 4) is 5.75 Å². The number of hydrogen-bond acceptors (Lipinski definition) is 2. The maximum atomic E-state index is 12.3. The second-order valence-corrected chi connectivity index (χ2v) is 5.59. The first-order chi connectivity index (χ1) is 11.2. The predicted octanol–water partition coefficient (Wildman–Crippen LogP) is 4.85. The van der Waals surface area contributed by atoms with Crippen LogP contribution in [0.1, 0.15) is 15.9 Å². The van der Waals surface area contributed by atoms with E-state index >= 15 is 0 Å². The van der Waals surface area contributed by atoms with Gasteiger partial charge in [-0.05, 0) is 42.8 Å². The van der Waals surface area contributed by atoms with Gasteiger partial charge in [0.25, 0.3) is 0 Å². The third kappa shape index (κ3) is 2.36. The summed E-state index contributed by atoms with van der Waals surface area (Å²) in [5, 5.41) is 2.18. The minimum Gasteiger partial charge on any atom is -0.423 e. The second-order valence-electron chi connectivity index (χ2n) is 5.59. The molecule has 3 aromatic carbocycles. The van der Waals surface area contributed by atoms with Crippen LogP contribution in [0.25, 0.3) is 21.8 Å². The Morgan fingerprint density at radius 1 is 0.870 bits per heavy atom. The molecule has 0 atom stereocenters. The van der Waals surface area contributed by atoms with Gasteiger partial charge in [0, 0.05) is 21.8 Å². The standard InChI is InChI=1S/C20H15NO2/c1-13-11-18-16(15-9-5-6-10-17(15)21-18)12-19(13)23-20(22)14-7-3-2-4-8-14/h2-12,21H,1H3. The number of rotatable bonds is 2. The van der Waals surface area contributed by atoms with Crippen LogP contribution in [-0.4, -0.2) is 11.0 Å². The zero-order valence-corrected chi connectivity index (χ0v) is 12.7. The van der Waals surface area contributed by atoms with E-state index in [-0.39, 0.29) is 5.97 Å². The fourth-order valence-corrected chi connectivity index (χ4v) is 2.83. The predicted molar refractivity (Wildman–Crippen MR) is 91.9 cm³/mol. The molecule has 3 heteroatoms. The number of aromatic nitrogens is 1. The zero-order valence-electron chi connectivity index (χ0n) is 12.7. The Labute approximate surface area is 133 Å². The van der Waals surface area contributed by atoms with E-state index in [1.165, 1.54) is 0 Å². The van der Waals surface area contributed by atoms with Crippen LogP contribution in [0.5, 0.6) is 5.75 Å². The van der Waals surface area contributed by atoms with Crippen LogP contribution in [0.2, 0.25) is 0 Å². The Morgan fingerprint density at radius 3 is 2.43 bits per heavy atom. The third-order valence-corrected chi connectivity index (χ3v) is 4.01. The van der Waals surface area contributed by atoms with E-state index in [1.807, 2.05) is 55.5 Å². The number of esters is 1. The average molecular weight is 301 g/mol. The van der Waals surface area contributed by atoms with E-state index < -0.39 is 0 Å². The number of H-pyrrole nitrogens is 1. The molecule has 23 heavy (non-hydrogen) atoms. The summed E-state index contributed by atoms with van der Waals surface area (Å²) in [7, 11) is 0. The first kappa shape index (κ1) is 13.6. The highest BCUT2D eigenvalue weighted by atomic mass is 16.5. The highest BCUT2D eigenvalue weighted by Gasteiger charge is 2.12. The van der Waals surface area contributed by atoms with Gasteiger partial charge in [0.05, 0.1) is 5.56 Å². The Balaban J connectivity index is 1.79. The average Bonchev–Trinajstić information content (AvgIpc) is 2.93. The molecule has 0 unspecified atom stereocenters. The van der Waals surface area contributed by atoms with E-state index in [9.17, 15) is 4.79 Å². The lowest BCUT2D eigenvalue weighted by Gasteiger charge is -2.08. The van der Waals surface area contributed by atoms with Crippen LogP contribution >= 0.6 is 0 Å². The molecule has 1 aromatic heterocycles. The molecule has 112 valence electrons. The van der Waals surface area contributed by atoms with Gasteiger partial charge in [-0.2, -0.15) is 0 Å². The van der Waals surface area contributed by atoms with Gasteiger partial charge in [-0.15, -0.1) is 0 Å². The molecule has 0 fully saturated rings. The maximum Gasteiger partial charge on any atom is 0.343 e. The van der Waals surface area contributed by atoms with Crippen LogP contribution in [0.15, 0.2) is 66.7 Å². The van der Waals surface area contributed by atoms with Crippen molar-refractivity contribution in [2.75, 3.05) is 0 Å². The number of nitrogens with one attached hydrogen (secondary N) is 1. The van der Waals surface area contributed by atoms with Gasteiger partial charge in [0.2, 0.25) is 0 Å². The second kappa shape index (κ2) is 5.29. The van der Waals surface area contributed by atoms with E-state index in [4.69, 9.17) is 4.74 Å². The fourth-order valence-electron chi connectivity index (χ4n) is 2.83. The lowest BCUT2D eigenvalue weighted by Crippen LogP contribution is -2.08. The van der Waals surface area contributed by atoms with Crippen LogP contribution in [0.4, 0.5) is 0 Å². The summed E-state index contributed by atoms with van der Waals surface area (Å²) in [6.07, 6.45) is 0. The number of ether oxygens (including phenoxy) is 1. The highest BCUT2D eigenvalue weighted by Crippen LogP contribution is 2.31. The van der Waals surface area contributed by atoms with E-state index in [0.717, 1.165) is 27.4 Å². The quantitative estimate of drug-likeness (QED) is 0.425. The normalized spacial score (nSPS) is 11.0. The number of carbonyl (C=O) groups is 1. The molecule has 0 bridgehead atoms. The molecule has 0 amide bonds. The summed E-state index contributed by atoms with van der Waals surface area (Å²) in [6, 6.07) is 21.1. The Morgan fingerprint density at radius 2 is 1.61 bits per heavy atom. The summed E-state index contributed by atoms with van der Waals surface area (Å²) in [5.41, 5.74) is 3.59. The van der Waals surface area contributed by atoms with E-state index in [2.05, 4.69) is 11.1 Å². The molecule has 4 aromatic rings. The first-order valence-corrected chi connectivity index (χ1v) is 7.51. The number of carbonyl (C=O) groups excluding carboxylic acids is 1. The topological polar surface area (TPSA) is 42.1 Å². The van der Waals surface area contributed by atoms with E-state index in [0.29, 0.717) is 11.3 Å². The van der Waals surface area contributed by atoms with Crippen LogP contribution in [0.3, 0.4) is 0 Å². The molecule has 0 spiro atoms. The summed E-state index contributed by atoms with van der Waals surface area (Å²) < 4.78 is 5.60. The molecule has 0 saturated heterocycles. The molecule has 0 aliphatic rings. The van der Waals surface area contributed by atoms with Crippen molar-refractivity contribution < 1.29 is 9.53 Å². The Bertz CT molecular complexity index is 1020. The number of benzene rings is 3. The van der Waals surface area contributed by atoms with Gasteiger partial charge < -0.3 is 9.72 Å². The molecule has 0 aliphatic heterocycles. The van der Waals surface area contributed by atoms with Gasteiger partial charge in [0.15, 0.2) is 0 Å². The van der Waals surface area contributed by atoms with Gasteiger partial charge in [-0.3, -0.25) is 0 Å². The molecule has 0 saturated carbocycles. The van der Waals surface area contributed by atoms with Crippen LogP contribution in [-0.2, 0) is 0 Å². The summed E-state index contributed by atoms with van der Waals surface area (Å²) >= 11 is 0.